The highest BCUT2D eigenvalue weighted by Gasteiger charge is 2.21. The van der Waals surface area contributed by atoms with Crippen molar-refractivity contribution in [2.75, 3.05) is 6.61 Å². The second-order valence-corrected chi connectivity index (χ2v) is 5.24. The lowest BCUT2D eigenvalue weighted by Crippen LogP contribution is -2.06. The van der Waals surface area contributed by atoms with Gasteiger partial charge in [0.15, 0.2) is 0 Å². The fourth-order valence-corrected chi connectivity index (χ4v) is 2.46. The van der Waals surface area contributed by atoms with Crippen LogP contribution < -0.4 is 0 Å². The number of carbonyl (C=O) groups is 2. The molecular weight excluding hydrogens is 306 g/mol. The topological polar surface area (TPSA) is 68.5 Å². The molecule has 0 saturated carbocycles. The molecule has 0 aliphatic heterocycles. The number of rotatable bonds is 4. The van der Waals surface area contributed by atoms with Crippen molar-refractivity contribution in [3.8, 4) is 11.3 Å². The van der Waals surface area contributed by atoms with Crippen LogP contribution >= 0.6 is 11.6 Å². The van der Waals surface area contributed by atoms with Gasteiger partial charge in [0.25, 0.3) is 0 Å². The highest BCUT2D eigenvalue weighted by molar-refractivity contribution is 6.31. The Hall–Kier alpha value is -2.27. The number of halogens is 1. The van der Waals surface area contributed by atoms with Gasteiger partial charge in [-0.25, -0.2) is 9.59 Å². The summed E-state index contributed by atoms with van der Waals surface area (Å²) in [6.07, 6.45) is 0. The van der Waals surface area contributed by atoms with Crippen LogP contribution in [0.5, 0.6) is 0 Å². The first-order valence-electron chi connectivity index (χ1n) is 6.73. The zero-order chi connectivity index (χ0) is 16.4. The SMILES string of the molecule is CCOC(=O)c1cc(-c2ccc(Cl)cc2C(=O)O)n(C)c1C. The molecule has 116 valence electrons. The Bertz CT molecular complexity index is 749. The Kier molecular flexibility index (Phi) is 4.56. The molecule has 0 radical (unpaired) electrons. The monoisotopic (exact) mass is 321 g/mol. The summed E-state index contributed by atoms with van der Waals surface area (Å²) in [6, 6.07) is 6.29. The van der Waals surface area contributed by atoms with Gasteiger partial charge in [-0.2, -0.15) is 0 Å². The number of carboxylic acid groups (broad SMARTS) is 1. The summed E-state index contributed by atoms with van der Waals surface area (Å²) in [4.78, 5) is 23.4. The van der Waals surface area contributed by atoms with E-state index in [2.05, 4.69) is 0 Å². The van der Waals surface area contributed by atoms with E-state index in [1.165, 1.54) is 6.07 Å². The Morgan fingerprint density at radius 3 is 2.55 bits per heavy atom. The van der Waals surface area contributed by atoms with Gasteiger partial charge in [0.2, 0.25) is 0 Å². The smallest absolute Gasteiger partial charge is 0.339 e. The lowest BCUT2D eigenvalue weighted by Gasteiger charge is -2.09. The van der Waals surface area contributed by atoms with Gasteiger partial charge in [-0.1, -0.05) is 17.7 Å². The molecule has 0 atom stereocenters. The van der Waals surface area contributed by atoms with Gasteiger partial charge < -0.3 is 14.4 Å². The maximum Gasteiger partial charge on any atom is 0.339 e. The molecule has 22 heavy (non-hydrogen) atoms. The van der Waals surface area contributed by atoms with Gasteiger partial charge in [0.1, 0.15) is 0 Å². The number of carboxylic acids is 1. The molecule has 0 bridgehead atoms. The molecule has 0 spiro atoms. The summed E-state index contributed by atoms with van der Waals surface area (Å²) in [5.74, 6) is -1.50. The fraction of sp³-hybridized carbons (Fsp3) is 0.250. The summed E-state index contributed by atoms with van der Waals surface area (Å²) in [6.45, 7) is 3.80. The summed E-state index contributed by atoms with van der Waals surface area (Å²) >= 11 is 5.87. The van der Waals surface area contributed by atoms with Crippen LogP contribution in [0, 0.1) is 6.92 Å². The summed E-state index contributed by atoms with van der Waals surface area (Å²) < 4.78 is 6.79. The van der Waals surface area contributed by atoms with E-state index in [-0.39, 0.29) is 12.2 Å². The van der Waals surface area contributed by atoms with Gasteiger partial charge in [-0.3, -0.25) is 0 Å². The normalized spacial score (nSPS) is 10.5. The molecule has 2 aromatic rings. The number of aromatic carboxylic acids is 1. The maximum atomic E-state index is 12.0. The predicted octanol–water partition coefficient (Wildman–Crippen LogP) is 3.53. The van der Waals surface area contributed by atoms with Crippen LogP contribution in [0.2, 0.25) is 5.02 Å². The van der Waals surface area contributed by atoms with Crippen molar-refractivity contribution in [2.24, 2.45) is 7.05 Å². The van der Waals surface area contributed by atoms with E-state index in [4.69, 9.17) is 16.3 Å². The van der Waals surface area contributed by atoms with Gasteiger partial charge in [-0.15, -0.1) is 0 Å². The van der Waals surface area contributed by atoms with Gasteiger partial charge in [-0.05, 0) is 32.0 Å². The molecule has 5 nitrogen and oxygen atoms in total. The number of carbonyl (C=O) groups excluding carboxylic acids is 1. The molecule has 2 rings (SSSR count). The van der Waals surface area contributed by atoms with Crippen LogP contribution in [-0.4, -0.2) is 28.2 Å². The van der Waals surface area contributed by atoms with Crippen molar-refractivity contribution >= 4 is 23.5 Å². The van der Waals surface area contributed by atoms with E-state index >= 15 is 0 Å². The van der Waals surface area contributed by atoms with Crippen LogP contribution in [0.25, 0.3) is 11.3 Å². The minimum atomic E-state index is -1.07. The zero-order valence-electron chi connectivity index (χ0n) is 12.5. The number of hydrogen-bond acceptors (Lipinski definition) is 3. The fourth-order valence-electron chi connectivity index (χ4n) is 2.29. The molecule has 1 aromatic heterocycles. The lowest BCUT2D eigenvalue weighted by molar-refractivity contribution is 0.0525. The second kappa shape index (κ2) is 6.23. The Labute approximate surface area is 133 Å². The molecule has 1 N–H and O–H groups in total. The van der Waals surface area contributed by atoms with E-state index in [0.717, 1.165) is 0 Å². The average Bonchev–Trinajstić information content (AvgIpc) is 2.76. The molecule has 0 aliphatic carbocycles. The minimum absolute atomic E-state index is 0.0866. The van der Waals surface area contributed by atoms with Crippen molar-refractivity contribution in [1.29, 1.82) is 0 Å². The average molecular weight is 322 g/mol. The first-order valence-corrected chi connectivity index (χ1v) is 7.11. The van der Waals surface area contributed by atoms with Gasteiger partial charge in [0, 0.05) is 29.0 Å². The maximum absolute atomic E-state index is 12.0. The Morgan fingerprint density at radius 2 is 1.95 bits per heavy atom. The lowest BCUT2D eigenvalue weighted by atomic mass is 10.0. The van der Waals surface area contributed by atoms with Crippen molar-refractivity contribution in [3.05, 3.63) is 46.1 Å². The molecule has 1 aromatic carbocycles. The van der Waals surface area contributed by atoms with Gasteiger partial charge in [0.05, 0.1) is 17.7 Å². The van der Waals surface area contributed by atoms with Crippen LogP contribution in [0.3, 0.4) is 0 Å². The number of ether oxygens (including phenoxy) is 1. The third-order valence-electron chi connectivity index (χ3n) is 3.52. The number of esters is 1. The zero-order valence-corrected chi connectivity index (χ0v) is 13.3. The first kappa shape index (κ1) is 16.1. The van der Waals surface area contributed by atoms with Crippen LogP contribution in [0.4, 0.5) is 0 Å². The molecule has 0 aliphatic rings. The minimum Gasteiger partial charge on any atom is -0.478 e. The molecule has 6 heteroatoms. The van der Waals surface area contributed by atoms with E-state index in [1.807, 2.05) is 0 Å². The molecule has 0 unspecified atom stereocenters. The number of hydrogen-bond donors (Lipinski definition) is 1. The number of benzene rings is 1. The summed E-state index contributed by atoms with van der Waals surface area (Å²) in [7, 11) is 1.77. The van der Waals surface area contributed by atoms with E-state index in [0.29, 0.717) is 27.5 Å². The molecule has 0 fully saturated rings. The van der Waals surface area contributed by atoms with Crippen LogP contribution in [-0.2, 0) is 11.8 Å². The van der Waals surface area contributed by atoms with Crippen LogP contribution in [0.1, 0.15) is 33.3 Å². The van der Waals surface area contributed by atoms with E-state index in [1.54, 1.807) is 43.7 Å². The molecular formula is C16H16ClNO4. The Morgan fingerprint density at radius 1 is 1.27 bits per heavy atom. The van der Waals surface area contributed by atoms with Gasteiger partial charge >= 0.3 is 11.9 Å². The van der Waals surface area contributed by atoms with E-state index in [9.17, 15) is 14.7 Å². The molecule has 1 heterocycles. The highest BCUT2D eigenvalue weighted by Crippen LogP contribution is 2.30. The van der Waals surface area contributed by atoms with Crippen molar-refractivity contribution in [3.63, 3.8) is 0 Å². The van der Waals surface area contributed by atoms with Crippen molar-refractivity contribution in [1.82, 2.24) is 4.57 Å². The first-order chi connectivity index (χ1) is 10.4. The number of aromatic nitrogens is 1. The third kappa shape index (κ3) is 2.85. The Balaban J connectivity index is 2.62. The summed E-state index contributed by atoms with van der Waals surface area (Å²) in [5.41, 5.74) is 2.33. The largest absolute Gasteiger partial charge is 0.478 e. The van der Waals surface area contributed by atoms with Crippen LogP contribution in [0.15, 0.2) is 24.3 Å². The highest BCUT2D eigenvalue weighted by atomic mass is 35.5. The number of nitrogens with zero attached hydrogens (tertiary/aromatic N) is 1. The van der Waals surface area contributed by atoms with Crippen molar-refractivity contribution in [2.45, 2.75) is 13.8 Å². The summed E-state index contributed by atoms with van der Waals surface area (Å²) in [5, 5.41) is 9.70. The standard InChI is InChI=1S/C16H16ClNO4/c1-4-22-16(21)12-8-14(18(3)9(12)2)11-6-5-10(17)7-13(11)15(19)20/h5-8H,4H2,1-3H3,(H,19,20). The quantitative estimate of drug-likeness (QED) is 0.875. The third-order valence-corrected chi connectivity index (χ3v) is 3.75. The van der Waals surface area contributed by atoms with Crippen molar-refractivity contribution < 1.29 is 19.4 Å². The molecule has 0 saturated heterocycles. The molecule has 0 amide bonds. The second-order valence-electron chi connectivity index (χ2n) is 4.80. The predicted molar refractivity (Wildman–Crippen MR) is 83.5 cm³/mol. The van der Waals surface area contributed by atoms with E-state index < -0.39 is 11.9 Å².